The Hall–Kier alpha value is -3.39. The standard InChI is InChI=1S/C27H31F5N4O.C3H8O2.CO2/c1-16-9-20-19-5-2-3-6-23(19)34-25(20)26(36(16)14-27(31,32)15-37)24-21(29)10-17(11-22(24)30)33-18-12-35(13-18)8-4-7-28;1-3(5)2-4;2-1-3/h2-3,5-6,10-11,16,18,26,33-34,37H,4,7-9,12-15H2,1H3;3-5H,2H2,1H3;/t16-,26-;3-;/m10./s1. The molecule has 248 valence electrons. The van der Waals surface area contributed by atoms with Crippen molar-refractivity contribution in [1.29, 1.82) is 0 Å². The van der Waals surface area contributed by atoms with Crippen molar-refractivity contribution in [3.8, 4) is 0 Å². The van der Waals surface area contributed by atoms with Crippen LogP contribution < -0.4 is 5.32 Å². The quantitative estimate of drug-likeness (QED) is 0.212. The van der Waals surface area contributed by atoms with Gasteiger partial charge >= 0.3 is 6.15 Å². The van der Waals surface area contributed by atoms with Gasteiger partial charge in [-0.05, 0) is 50.5 Å². The summed E-state index contributed by atoms with van der Waals surface area (Å²) in [6, 6.07) is 8.25. The number of hydrogen-bond acceptors (Lipinski definition) is 8. The van der Waals surface area contributed by atoms with Crippen LogP contribution in [-0.4, -0.2) is 106 Å². The van der Waals surface area contributed by atoms with Gasteiger partial charge < -0.3 is 25.6 Å². The number of aromatic nitrogens is 1. The number of H-pyrrole nitrogens is 1. The van der Waals surface area contributed by atoms with Gasteiger partial charge in [-0.25, -0.2) is 17.6 Å². The van der Waals surface area contributed by atoms with E-state index in [9.17, 15) is 18.3 Å². The Kier molecular flexibility index (Phi) is 13.0. The molecule has 5 N–H and O–H groups in total. The van der Waals surface area contributed by atoms with E-state index in [1.165, 1.54) is 24.0 Å². The molecule has 0 radical (unpaired) electrons. The van der Waals surface area contributed by atoms with Crippen molar-refractivity contribution in [1.82, 2.24) is 14.8 Å². The molecule has 1 aromatic heterocycles. The number of benzene rings is 2. The smallest absolute Gasteiger partial charge is 0.373 e. The van der Waals surface area contributed by atoms with Crippen LogP contribution in [0.2, 0.25) is 0 Å². The number of alkyl halides is 3. The first kappa shape index (κ1) is 36.1. The molecule has 2 aliphatic heterocycles. The molecular weight excluding hydrogens is 603 g/mol. The Morgan fingerprint density at radius 1 is 1.13 bits per heavy atom. The van der Waals surface area contributed by atoms with Crippen LogP contribution >= 0.6 is 0 Å². The topological polar surface area (TPSA) is 129 Å². The molecule has 0 aliphatic carbocycles. The molecule has 5 rings (SSSR count). The molecule has 0 saturated carbocycles. The maximum absolute atomic E-state index is 15.7. The predicted molar refractivity (Wildman–Crippen MR) is 157 cm³/mol. The summed E-state index contributed by atoms with van der Waals surface area (Å²) < 4.78 is 72.5. The van der Waals surface area contributed by atoms with Crippen molar-refractivity contribution in [2.75, 3.05) is 51.4 Å². The normalized spacial score (nSPS) is 19.3. The van der Waals surface area contributed by atoms with Crippen molar-refractivity contribution in [2.45, 2.75) is 56.8 Å². The number of aromatic amines is 1. The number of para-hydroxylation sites is 1. The highest BCUT2D eigenvalue weighted by molar-refractivity contribution is 5.85. The Labute approximate surface area is 257 Å². The van der Waals surface area contributed by atoms with Gasteiger partial charge in [-0.3, -0.25) is 14.2 Å². The van der Waals surface area contributed by atoms with Gasteiger partial charge in [0.25, 0.3) is 5.92 Å². The molecule has 1 fully saturated rings. The van der Waals surface area contributed by atoms with E-state index >= 15 is 8.78 Å². The molecule has 1 saturated heterocycles. The largest absolute Gasteiger partial charge is 0.394 e. The molecule has 3 aromatic rings. The van der Waals surface area contributed by atoms with E-state index in [4.69, 9.17) is 19.8 Å². The molecule has 2 aliphatic rings. The van der Waals surface area contributed by atoms with Crippen LogP contribution in [0.1, 0.15) is 43.1 Å². The Bertz CT molecular complexity index is 1400. The number of halogens is 5. The molecular formula is C31H39F5N4O5. The summed E-state index contributed by atoms with van der Waals surface area (Å²) in [6.45, 7) is 2.48. The van der Waals surface area contributed by atoms with Gasteiger partial charge in [0, 0.05) is 53.5 Å². The van der Waals surface area contributed by atoms with Crippen molar-refractivity contribution in [3.05, 3.63) is 64.9 Å². The average molecular weight is 643 g/mol. The molecule has 2 aromatic carbocycles. The fourth-order valence-corrected chi connectivity index (χ4v) is 5.67. The number of nitrogens with zero attached hydrogens (tertiary/aromatic N) is 2. The fraction of sp³-hybridized carbons (Fsp3) is 0.516. The lowest BCUT2D eigenvalue weighted by Crippen LogP contribution is -2.54. The first-order valence-electron chi connectivity index (χ1n) is 14.5. The van der Waals surface area contributed by atoms with Crippen LogP contribution in [0.15, 0.2) is 36.4 Å². The minimum atomic E-state index is -3.44. The van der Waals surface area contributed by atoms with E-state index in [1.54, 1.807) is 6.92 Å². The van der Waals surface area contributed by atoms with Crippen LogP contribution in [-0.2, 0) is 16.0 Å². The van der Waals surface area contributed by atoms with E-state index in [2.05, 4.69) is 15.2 Å². The minimum Gasteiger partial charge on any atom is -0.394 e. The average Bonchev–Trinajstić information content (AvgIpc) is 3.34. The lowest BCUT2D eigenvalue weighted by molar-refractivity contribution is -0.191. The van der Waals surface area contributed by atoms with E-state index in [1.807, 2.05) is 24.3 Å². The number of rotatable bonds is 10. The lowest BCUT2D eigenvalue weighted by atomic mass is 9.87. The third-order valence-corrected chi connectivity index (χ3v) is 7.72. The Balaban J connectivity index is 0.000000620. The van der Waals surface area contributed by atoms with E-state index in [0.29, 0.717) is 38.2 Å². The number of nitrogens with one attached hydrogen (secondary N) is 2. The first-order chi connectivity index (χ1) is 21.4. The molecule has 0 spiro atoms. The summed E-state index contributed by atoms with van der Waals surface area (Å²) in [6.07, 6.45) is 0.558. The number of carbonyl (C=O) groups excluding carboxylic acids is 2. The van der Waals surface area contributed by atoms with Crippen LogP contribution in [0.5, 0.6) is 0 Å². The molecule has 3 atom stereocenters. The van der Waals surface area contributed by atoms with Crippen molar-refractivity contribution >= 4 is 22.7 Å². The van der Waals surface area contributed by atoms with Crippen molar-refractivity contribution in [2.24, 2.45) is 0 Å². The Morgan fingerprint density at radius 2 is 1.73 bits per heavy atom. The third-order valence-electron chi connectivity index (χ3n) is 7.72. The minimum absolute atomic E-state index is 0.0148. The molecule has 0 bridgehead atoms. The van der Waals surface area contributed by atoms with Gasteiger partial charge in [0.15, 0.2) is 0 Å². The molecule has 0 amide bonds. The van der Waals surface area contributed by atoms with Gasteiger partial charge in [0.05, 0.1) is 38.0 Å². The first-order valence-corrected chi connectivity index (χ1v) is 14.5. The van der Waals surface area contributed by atoms with Gasteiger partial charge in [-0.15, -0.1) is 0 Å². The fourth-order valence-electron chi connectivity index (χ4n) is 5.67. The zero-order chi connectivity index (χ0) is 33.3. The predicted octanol–water partition coefficient (Wildman–Crippen LogP) is 3.64. The highest BCUT2D eigenvalue weighted by Gasteiger charge is 2.43. The monoisotopic (exact) mass is 642 g/mol. The van der Waals surface area contributed by atoms with E-state index < -0.39 is 48.9 Å². The number of likely N-dealkylation sites (tertiary alicyclic amines) is 1. The summed E-state index contributed by atoms with van der Waals surface area (Å²) in [5.41, 5.74) is 2.05. The van der Waals surface area contributed by atoms with Gasteiger partial charge in [-0.2, -0.15) is 9.59 Å². The van der Waals surface area contributed by atoms with Gasteiger partial charge in [0.1, 0.15) is 18.2 Å². The number of aliphatic hydroxyl groups is 3. The van der Waals surface area contributed by atoms with Crippen molar-refractivity contribution < 1.29 is 46.9 Å². The molecule has 14 heteroatoms. The molecule has 3 heterocycles. The molecule has 0 unspecified atom stereocenters. The summed E-state index contributed by atoms with van der Waals surface area (Å²) in [5.74, 6) is -5.11. The second-order valence-electron chi connectivity index (χ2n) is 11.3. The van der Waals surface area contributed by atoms with Crippen molar-refractivity contribution in [3.63, 3.8) is 0 Å². The number of fused-ring (bicyclic) bond motifs is 3. The zero-order valence-corrected chi connectivity index (χ0v) is 25.1. The summed E-state index contributed by atoms with van der Waals surface area (Å²) in [4.78, 5) is 22.9. The summed E-state index contributed by atoms with van der Waals surface area (Å²) in [5, 5.41) is 29.3. The van der Waals surface area contributed by atoms with Crippen LogP contribution in [0, 0.1) is 11.6 Å². The Morgan fingerprint density at radius 3 is 2.29 bits per heavy atom. The summed E-state index contributed by atoms with van der Waals surface area (Å²) in [7, 11) is 0. The number of hydrogen-bond donors (Lipinski definition) is 5. The van der Waals surface area contributed by atoms with E-state index in [-0.39, 0.29) is 36.7 Å². The lowest BCUT2D eigenvalue weighted by Gasteiger charge is -2.42. The van der Waals surface area contributed by atoms with Crippen LogP contribution in [0.25, 0.3) is 10.9 Å². The molecule has 9 nitrogen and oxygen atoms in total. The highest BCUT2D eigenvalue weighted by Crippen LogP contribution is 2.43. The summed E-state index contributed by atoms with van der Waals surface area (Å²) >= 11 is 0. The maximum Gasteiger partial charge on any atom is 0.373 e. The zero-order valence-electron chi connectivity index (χ0n) is 25.1. The highest BCUT2D eigenvalue weighted by atomic mass is 19.3. The molecule has 45 heavy (non-hydrogen) atoms. The van der Waals surface area contributed by atoms with Gasteiger partial charge in [0.2, 0.25) is 0 Å². The van der Waals surface area contributed by atoms with Gasteiger partial charge in [-0.1, -0.05) is 18.2 Å². The second-order valence-corrected chi connectivity index (χ2v) is 11.3. The van der Waals surface area contributed by atoms with Crippen LogP contribution in [0.3, 0.4) is 0 Å². The second kappa shape index (κ2) is 16.3. The SMILES string of the molecule is C[C@@H]1Cc2c([nH]c3ccccc23)[C@@H](c2c(F)cc(NC3CN(CCCF)C3)cc2F)N1CC(F)(F)CO.C[C@H](O)CO.O=C=O. The number of anilines is 1. The number of aliphatic hydroxyl groups excluding tert-OH is 3. The third kappa shape index (κ3) is 9.09. The maximum atomic E-state index is 15.7. The van der Waals surface area contributed by atoms with Crippen LogP contribution in [0.4, 0.5) is 27.6 Å². The van der Waals surface area contributed by atoms with E-state index in [0.717, 1.165) is 16.5 Å².